The van der Waals surface area contributed by atoms with Crippen molar-refractivity contribution in [2.45, 2.75) is 77.4 Å². The van der Waals surface area contributed by atoms with Crippen molar-refractivity contribution < 1.29 is 52.8 Å². The van der Waals surface area contributed by atoms with Crippen molar-refractivity contribution in [1.82, 2.24) is 5.32 Å². The molecule has 0 aromatic heterocycles. The van der Waals surface area contributed by atoms with E-state index in [4.69, 9.17) is 34.5 Å². The predicted octanol–water partition coefficient (Wildman–Crippen LogP) is -1.54. The highest BCUT2D eigenvalue weighted by Gasteiger charge is 2.52. The summed E-state index contributed by atoms with van der Waals surface area (Å²) in [6.07, 6.45) is -6.24. The van der Waals surface area contributed by atoms with Crippen molar-refractivity contribution in [2.75, 3.05) is 6.61 Å². The second-order valence-corrected chi connectivity index (χ2v) is 6.93. The third-order valence-electron chi connectivity index (χ3n) is 4.21. The first-order valence-corrected chi connectivity index (χ1v) is 9.37. The minimum atomic E-state index is -1.44. The number of nitrogens with two attached hydrogens (primary N) is 1. The number of carbonyl (C=O) groups excluding carboxylic acids is 4. The molecule has 1 fully saturated rings. The van der Waals surface area contributed by atoms with Crippen LogP contribution < -0.4 is 11.1 Å². The summed E-state index contributed by atoms with van der Waals surface area (Å²) >= 11 is 0. The molecule has 1 saturated heterocycles. The fourth-order valence-electron chi connectivity index (χ4n) is 2.90. The zero-order valence-electron chi connectivity index (χ0n) is 17.9. The summed E-state index contributed by atoms with van der Waals surface area (Å²) in [4.78, 5) is 57.6. The number of aliphatic carboxylic acids is 1. The lowest BCUT2D eigenvalue weighted by Crippen LogP contribution is -2.67. The molecular weight excluding hydrogens is 420 g/mol. The molecule has 176 valence electrons. The molecular formula is C18H28N2O11. The van der Waals surface area contributed by atoms with Crippen LogP contribution in [0.5, 0.6) is 0 Å². The highest BCUT2D eigenvalue weighted by Crippen LogP contribution is 2.28. The molecule has 4 unspecified atom stereocenters. The standard InChI is InChI=1S/C18H28N2O11/c1-7(13(19)17(25)26)28-18-14(20-8(2)21)16(30-11(5)24)15(29-10(4)23)12(31-18)6-27-9(3)22/h7,12-16,18H,6,19H2,1-5H3,(H,20,21)(H,25,26)/t7-,12?,13?,14?,15+,16?,18+/m1/s1. The average molecular weight is 448 g/mol. The van der Waals surface area contributed by atoms with Crippen LogP contribution >= 0.6 is 0 Å². The van der Waals surface area contributed by atoms with Gasteiger partial charge < -0.3 is 39.8 Å². The lowest BCUT2D eigenvalue weighted by atomic mass is 9.96. The summed E-state index contributed by atoms with van der Waals surface area (Å²) < 4.78 is 26.8. The molecule has 1 heterocycles. The van der Waals surface area contributed by atoms with E-state index in [2.05, 4.69) is 5.32 Å². The largest absolute Gasteiger partial charge is 0.480 e. The normalized spacial score (nSPS) is 27.4. The maximum atomic E-state index is 11.8. The molecule has 1 amide bonds. The fraction of sp³-hybridized carbons (Fsp3) is 0.722. The van der Waals surface area contributed by atoms with Gasteiger partial charge in [0.1, 0.15) is 24.8 Å². The number of carboxylic acids is 1. The summed E-state index contributed by atoms with van der Waals surface area (Å²) in [6, 6.07) is -2.64. The van der Waals surface area contributed by atoms with Gasteiger partial charge in [-0.3, -0.25) is 24.0 Å². The van der Waals surface area contributed by atoms with Gasteiger partial charge in [-0.1, -0.05) is 0 Å². The van der Waals surface area contributed by atoms with Gasteiger partial charge in [0.25, 0.3) is 0 Å². The van der Waals surface area contributed by atoms with Crippen molar-refractivity contribution in [3.63, 3.8) is 0 Å². The van der Waals surface area contributed by atoms with Crippen LogP contribution in [0.2, 0.25) is 0 Å². The summed E-state index contributed by atoms with van der Waals surface area (Å²) in [5.74, 6) is -4.07. The molecule has 0 aliphatic carbocycles. The molecule has 31 heavy (non-hydrogen) atoms. The SMILES string of the molecule is CC(=O)NC1C(OC(C)=O)[C@@H](OC(C)=O)C(COC(C)=O)O[C@@H]1O[C@H](C)C(N)C(=O)O. The smallest absolute Gasteiger partial charge is 0.323 e. The van der Waals surface area contributed by atoms with Gasteiger partial charge >= 0.3 is 23.9 Å². The molecule has 0 radical (unpaired) electrons. The van der Waals surface area contributed by atoms with E-state index in [1.807, 2.05) is 0 Å². The molecule has 13 heteroatoms. The number of carbonyl (C=O) groups is 5. The topological polar surface area (TPSA) is 190 Å². The molecule has 13 nitrogen and oxygen atoms in total. The number of hydrogen-bond donors (Lipinski definition) is 3. The van der Waals surface area contributed by atoms with Crippen LogP contribution in [0.4, 0.5) is 0 Å². The summed E-state index contributed by atoms with van der Waals surface area (Å²) in [5, 5.41) is 11.6. The van der Waals surface area contributed by atoms with Gasteiger partial charge in [0, 0.05) is 27.7 Å². The Morgan fingerprint density at radius 2 is 1.55 bits per heavy atom. The van der Waals surface area contributed by atoms with E-state index in [9.17, 15) is 24.0 Å². The van der Waals surface area contributed by atoms with E-state index in [0.717, 1.165) is 20.8 Å². The summed E-state index contributed by atoms with van der Waals surface area (Å²) in [6.45, 7) is 5.50. The lowest BCUT2D eigenvalue weighted by molar-refractivity contribution is -0.287. The van der Waals surface area contributed by atoms with E-state index in [1.54, 1.807) is 0 Å². The zero-order chi connectivity index (χ0) is 23.9. The third kappa shape index (κ3) is 8.11. The molecule has 0 aromatic rings. The van der Waals surface area contributed by atoms with E-state index in [-0.39, 0.29) is 0 Å². The number of nitrogens with one attached hydrogen (secondary N) is 1. The number of hydrogen-bond acceptors (Lipinski definition) is 11. The van der Waals surface area contributed by atoms with Crippen LogP contribution in [0, 0.1) is 0 Å². The minimum absolute atomic E-state index is 0.406. The van der Waals surface area contributed by atoms with E-state index < -0.39 is 79.2 Å². The molecule has 0 spiro atoms. The van der Waals surface area contributed by atoms with Crippen LogP contribution in [0.3, 0.4) is 0 Å². The monoisotopic (exact) mass is 448 g/mol. The van der Waals surface area contributed by atoms with Gasteiger partial charge in [0.15, 0.2) is 18.5 Å². The number of carboxylic acid groups (broad SMARTS) is 1. The van der Waals surface area contributed by atoms with Gasteiger partial charge in [0.05, 0.1) is 6.10 Å². The second kappa shape index (κ2) is 11.6. The van der Waals surface area contributed by atoms with E-state index in [1.165, 1.54) is 13.8 Å². The predicted molar refractivity (Wildman–Crippen MR) is 100 cm³/mol. The van der Waals surface area contributed by atoms with Gasteiger partial charge in [-0.2, -0.15) is 0 Å². The molecule has 4 N–H and O–H groups in total. The molecule has 1 aliphatic heterocycles. The Kier molecular flexibility index (Phi) is 9.81. The number of rotatable bonds is 9. The average Bonchev–Trinajstić information content (AvgIpc) is 2.62. The maximum Gasteiger partial charge on any atom is 0.323 e. The van der Waals surface area contributed by atoms with Gasteiger partial charge in [-0.05, 0) is 6.92 Å². The zero-order valence-corrected chi connectivity index (χ0v) is 17.9. The third-order valence-corrected chi connectivity index (χ3v) is 4.21. The van der Waals surface area contributed by atoms with E-state index in [0.29, 0.717) is 0 Å². The quantitative estimate of drug-likeness (QED) is 0.272. The Bertz CT molecular complexity index is 698. The molecule has 1 aliphatic rings. The minimum Gasteiger partial charge on any atom is -0.480 e. The summed E-state index contributed by atoms with van der Waals surface area (Å²) in [5.41, 5.74) is 5.57. The molecule has 0 bridgehead atoms. The first-order valence-electron chi connectivity index (χ1n) is 9.37. The Morgan fingerprint density at radius 1 is 1.00 bits per heavy atom. The highest BCUT2D eigenvalue weighted by atomic mass is 16.7. The Hall–Kier alpha value is -2.77. The maximum absolute atomic E-state index is 11.8. The van der Waals surface area contributed by atoms with Crippen LogP contribution in [0.1, 0.15) is 34.6 Å². The van der Waals surface area contributed by atoms with Gasteiger partial charge in [0.2, 0.25) is 5.91 Å². The molecule has 1 rings (SSSR count). The van der Waals surface area contributed by atoms with Crippen LogP contribution in [0.15, 0.2) is 0 Å². The van der Waals surface area contributed by atoms with Crippen LogP contribution in [0.25, 0.3) is 0 Å². The Labute approximate surface area is 178 Å². The van der Waals surface area contributed by atoms with Crippen molar-refractivity contribution in [3.8, 4) is 0 Å². The van der Waals surface area contributed by atoms with Crippen molar-refractivity contribution >= 4 is 29.8 Å². The number of ether oxygens (including phenoxy) is 5. The second-order valence-electron chi connectivity index (χ2n) is 6.93. The Balaban J connectivity index is 3.35. The van der Waals surface area contributed by atoms with Crippen molar-refractivity contribution in [3.05, 3.63) is 0 Å². The summed E-state index contributed by atoms with van der Waals surface area (Å²) in [7, 11) is 0. The van der Waals surface area contributed by atoms with Gasteiger partial charge in [-0.15, -0.1) is 0 Å². The van der Waals surface area contributed by atoms with Crippen molar-refractivity contribution in [2.24, 2.45) is 5.73 Å². The fourth-order valence-corrected chi connectivity index (χ4v) is 2.90. The molecule has 0 aromatic carbocycles. The highest BCUT2D eigenvalue weighted by molar-refractivity contribution is 5.74. The van der Waals surface area contributed by atoms with Crippen molar-refractivity contribution in [1.29, 1.82) is 0 Å². The van der Waals surface area contributed by atoms with E-state index >= 15 is 0 Å². The van der Waals surface area contributed by atoms with Gasteiger partial charge in [-0.25, -0.2) is 0 Å². The van der Waals surface area contributed by atoms with Crippen LogP contribution in [-0.2, 0) is 47.7 Å². The Morgan fingerprint density at radius 3 is 2.00 bits per heavy atom. The number of esters is 3. The molecule has 0 saturated carbocycles. The lowest BCUT2D eigenvalue weighted by Gasteiger charge is -2.45. The molecule has 7 atom stereocenters. The van der Waals surface area contributed by atoms with Crippen LogP contribution in [-0.4, -0.2) is 84.3 Å². The first-order chi connectivity index (χ1) is 14.3. The number of amides is 1. The first kappa shape index (κ1) is 26.3.